The molecule has 0 unspecified atom stereocenters. The third kappa shape index (κ3) is 4.35. The lowest BCUT2D eigenvalue weighted by atomic mass is 9.84. The number of rotatable bonds is 6. The molecule has 0 atom stereocenters. The van der Waals surface area contributed by atoms with E-state index in [9.17, 15) is 0 Å². The molecule has 122 valence electrons. The van der Waals surface area contributed by atoms with Crippen molar-refractivity contribution in [2.24, 2.45) is 5.73 Å². The van der Waals surface area contributed by atoms with E-state index >= 15 is 0 Å². The van der Waals surface area contributed by atoms with E-state index in [1.54, 1.807) is 0 Å². The van der Waals surface area contributed by atoms with Crippen LogP contribution in [0, 0.1) is 0 Å². The number of hydrogen-bond acceptors (Lipinski definition) is 2. The molecule has 0 heterocycles. The molecule has 1 aliphatic rings. The van der Waals surface area contributed by atoms with Gasteiger partial charge in [0.05, 0.1) is 0 Å². The van der Waals surface area contributed by atoms with E-state index in [2.05, 4.69) is 30.3 Å². The van der Waals surface area contributed by atoms with Crippen LogP contribution in [0.2, 0.25) is 0 Å². The summed E-state index contributed by atoms with van der Waals surface area (Å²) in [7, 11) is 0. The average molecular weight is 309 g/mol. The van der Waals surface area contributed by atoms with Crippen molar-refractivity contribution in [3.8, 4) is 5.75 Å². The van der Waals surface area contributed by atoms with E-state index in [-0.39, 0.29) is 0 Å². The minimum absolute atomic E-state index is 0.618. The van der Waals surface area contributed by atoms with Crippen molar-refractivity contribution in [2.75, 3.05) is 6.54 Å². The van der Waals surface area contributed by atoms with Crippen molar-refractivity contribution < 1.29 is 4.74 Å². The molecule has 2 heteroatoms. The van der Waals surface area contributed by atoms with Crippen LogP contribution in [0.15, 0.2) is 48.5 Å². The van der Waals surface area contributed by atoms with Crippen molar-refractivity contribution in [3.63, 3.8) is 0 Å². The lowest BCUT2D eigenvalue weighted by Crippen LogP contribution is -2.06. The molecule has 3 rings (SSSR count). The molecule has 0 spiro atoms. The molecule has 23 heavy (non-hydrogen) atoms. The first-order valence-electron chi connectivity index (χ1n) is 8.86. The van der Waals surface area contributed by atoms with Crippen LogP contribution in [0.1, 0.15) is 54.7 Å². The topological polar surface area (TPSA) is 35.2 Å². The van der Waals surface area contributed by atoms with Gasteiger partial charge >= 0.3 is 0 Å². The van der Waals surface area contributed by atoms with Gasteiger partial charge in [-0.25, -0.2) is 0 Å². The molecule has 2 aromatic rings. The summed E-state index contributed by atoms with van der Waals surface area (Å²) in [5.41, 5.74) is 9.58. The summed E-state index contributed by atoms with van der Waals surface area (Å²) in [5, 5.41) is 0. The first-order chi connectivity index (χ1) is 11.4. The van der Waals surface area contributed by atoms with E-state index in [0.717, 1.165) is 18.1 Å². The molecule has 0 aromatic heterocycles. The second kappa shape index (κ2) is 8.16. The van der Waals surface area contributed by atoms with Crippen molar-refractivity contribution in [2.45, 2.75) is 51.0 Å². The van der Waals surface area contributed by atoms with Gasteiger partial charge in [0.1, 0.15) is 12.4 Å². The molecule has 0 aliphatic heterocycles. The van der Waals surface area contributed by atoms with Gasteiger partial charge in [-0.15, -0.1) is 0 Å². The van der Waals surface area contributed by atoms with Crippen molar-refractivity contribution >= 4 is 0 Å². The van der Waals surface area contributed by atoms with Gasteiger partial charge in [0.25, 0.3) is 0 Å². The average Bonchev–Trinajstić information content (AvgIpc) is 2.62. The zero-order valence-corrected chi connectivity index (χ0v) is 13.8. The molecule has 0 radical (unpaired) electrons. The Morgan fingerprint density at radius 1 is 0.913 bits per heavy atom. The Hall–Kier alpha value is -1.80. The fraction of sp³-hybridized carbons (Fsp3) is 0.429. The van der Waals surface area contributed by atoms with E-state index in [1.165, 1.54) is 48.8 Å². The van der Waals surface area contributed by atoms with Gasteiger partial charge in [0, 0.05) is 0 Å². The maximum absolute atomic E-state index is 6.01. The van der Waals surface area contributed by atoms with E-state index in [1.807, 2.05) is 18.2 Å². The highest BCUT2D eigenvalue weighted by Gasteiger charge is 2.15. The molecule has 2 aromatic carbocycles. The fourth-order valence-electron chi connectivity index (χ4n) is 3.49. The van der Waals surface area contributed by atoms with E-state index in [0.29, 0.717) is 13.2 Å². The first-order valence-corrected chi connectivity index (χ1v) is 8.86. The van der Waals surface area contributed by atoms with Crippen molar-refractivity contribution in [3.05, 3.63) is 65.2 Å². The van der Waals surface area contributed by atoms with Gasteiger partial charge in [0.2, 0.25) is 0 Å². The standard InChI is InChI=1S/C21H27NO/c22-15-14-20-8-4-5-9-21(20)23-16-17-10-12-19(13-11-17)18-6-2-1-3-7-18/h4-5,8-13,18H,1-3,6-7,14-16,22H2. The summed E-state index contributed by atoms with van der Waals surface area (Å²) < 4.78 is 6.01. The summed E-state index contributed by atoms with van der Waals surface area (Å²) in [4.78, 5) is 0. The van der Waals surface area contributed by atoms with E-state index < -0.39 is 0 Å². The largest absolute Gasteiger partial charge is 0.489 e. The molecular formula is C21H27NO. The van der Waals surface area contributed by atoms with Crippen molar-refractivity contribution in [1.29, 1.82) is 0 Å². The smallest absolute Gasteiger partial charge is 0.123 e. The molecule has 1 saturated carbocycles. The molecule has 0 saturated heterocycles. The normalized spacial score (nSPS) is 15.5. The Balaban J connectivity index is 1.60. The number of benzene rings is 2. The highest BCUT2D eigenvalue weighted by atomic mass is 16.5. The Labute approximate surface area is 139 Å². The van der Waals surface area contributed by atoms with Gasteiger partial charge < -0.3 is 10.5 Å². The molecule has 2 nitrogen and oxygen atoms in total. The van der Waals surface area contributed by atoms with Crippen LogP contribution in [0.25, 0.3) is 0 Å². The highest BCUT2D eigenvalue weighted by molar-refractivity contribution is 5.34. The van der Waals surface area contributed by atoms with Crippen LogP contribution in [-0.4, -0.2) is 6.54 Å². The second-order valence-electron chi connectivity index (χ2n) is 6.51. The second-order valence-corrected chi connectivity index (χ2v) is 6.51. The lowest BCUT2D eigenvalue weighted by molar-refractivity contribution is 0.303. The zero-order chi connectivity index (χ0) is 15.9. The van der Waals surface area contributed by atoms with Crippen LogP contribution in [0.3, 0.4) is 0 Å². The zero-order valence-electron chi connectivity index (χ0n) is 13.8. The SMILES string of the molecule is NCCc1ccccc1OCc1ccc(C2CCCCC2)cc1. The highest BCUT2D eigenvalue weighted by Crippen LogP contribution is 2.32. The third-order valence-electron chi connectivity index (χ3n) is 4.84. The fourth-order valence-corrected chi connectivity index (χ4v) is 3.49. The van der Waals surface area contributed by atoms with Gasteiger partial charge in [-0.1, -0.05) is 61.7 Å². The quantitative estimate of drug-likeness (QED) is 0.830. The Kier molecular flexibility index (Phi) is 5.71. The monoisotopic (exact) mass is 309 g/mol. The third-order valence-corrected chi connectivity index (χ3v) is 4.84. The summed E-state index contributed by atoms with van der Waals surface area (Å²) in [6.45, 7) is 1.27. The van der Waals surface area contributed by atoms with Gasteiger partial charge in [-0.05, 0) is 54.5 Å². The molecule has 1 aliphatic carbocycles. The van der Waals surface area contributed by atoms with Crippen LogP contribution in [-0.2, 0) is 13.0 Å². The molecular weight excluding hydrogens is 282 g/mol. The summed E-state index contributed by atoms with van der Waals surface area (Å²) in [6.07, 6.45) is 7.73. The molecule has 0 bridgehead atoms. The number of hydrogen-bond donors (Lipinski definition) is 1. The Morgan fingerprint density at radius 2 is 1.65 bits per heavy atom. The Bertz CT molecular complexity index is 599. The van der Waals surface area contributed by atoms with Crippen molar-refractivity contribution in [1.82, 2.24) is 0 Å². The minimum Gasteiger partial charge on any atom is -0.489 e. The molecule has 2 N–H and O–H groups in total. The van der Waals surface area contributed by atoms with Crippen LogP contribution in [0.4, 0.5) is 0 Å². The number of nitrogens with two attached hydrogens (primary N) is 1. The van der Waals surface area contributed by atoms with Crippen LogP contribution >= 0.6 is 0 Å². The van der Waals surface area contributed by atoms with Gasteiger partial charge in [-0.2, -0.15) is 0 Å². The number of ether oxygens (including phenoxy) is 1. The van der Waals surface area contributed by atoms with Crippen LogP contribution in [0.5, 0.6) is 5.75 Å². The van der Waals surface area contributed by atoms with Gasteiger partial charge in [-0.3, -0.25) is 0 Å². The maximum Gasteiger partial charge on any atom is 0.123 e. The predicted octanol–water partition coefficient (Wildman–Crippen LogP) is 4.81. The van der Waals surface area contributed by atoms with E-state index in [4.69, 9.17) is 10.5 Å². The first kappa shape index (κ1) is 16.1. The summed E-state index contributed by atoms with van der Waals surface area (Å²) >= 11 is 0. The van der Waals surface area contributed by atoms with Gasteiger partial charge in [0.15, 0.2) is 0 Å². The minimum atomic E-state index is 0.618. The summed E-state index contributed by atoms with van der Waals surface area (Å²) in [5.74, 6) is 1.72. The Morgan fingerprint density at radius 3 is 2.39 bits per heavy atom. The lowest BCUT2D eigenvalue weighted by Gasteiger charge is -2.22. The predicted molar refractivity (Wildman–Crippen MR) is 95.8 cm³/mol. The number of para-hydroxylation sites is 1. The summed E-state index contributed by atoms with van der Waals surface area (Å²) in [6, 6.07) is 17.2. The molecule has 1 fully saturated rings. The molecule has 0 amide bonds. The maximum atomic E-state index is 6.01. The van der Waals surface area contributed by atoms with Crippen LogP contribution < -0.4 is 10.5 Å².